The maximum absolute atomic E-state index is 13.2. The Labute approximate surface area is 99.3 Å². The number of aromatic nitrogens is 3. The molecule has 0 spiro atoms. The van der Waals surface area contributed by atoms with Gasteiger partial charge in [0.05, 0.1) is 6.54 Å². The highest BCUT2D eigenvalue weighted by Gasteiger charge is 2.15. The molecule has 0 radical (unpaired) electrons. The molecule has 2 rings (SSSR count). The number of nitrogens with zero attached hydrogens (tertiary/aromatic N) is 3. The van der Waals surface area contributed by atoms with Crippen LogP contribution in [0.2, 0.25) is 0 Å². The summed E-state index contributed by atoms with van der Waals surface area (Å²) in [6.45, 7) is 4.36. The molecule has 0 amide bonds. The number of benzene rings is 1. The monoisotopic (exact) mass is 234 g/mol. The Hall–Kier alpha value is -1.75. The minimum absolute atomic E-state index is 0.182. The van der Waals surface area contributed by atoms with E-state index in [4.69, 9.17) is 5.73 Å². The van der Waals surface area contributed by atoms with Crippen LogP contribution in [0.1, 0.15) is 25.7 Å². The Balaban J connectivity index is 2.56. The van der Waals surface area contributed by atoms with E-state index in [1.165, 1.54) is 12.1 Å². The summed E-state index contributed by atoms with van der Waals surface area (Å²) >= 11 is 0. The van der Waals surface area contributed by atoms with Crippen LogP contribution in [0.15, 0.2) is 24.3 Å². The van der Waals surface area contributed by atoms with Crippen molar-refractivity contribution in [1.29, 1.82) is 0 Å². The normalized spacial score (nSPS) is 11.1. The van der Waals surface area contributed by atoms with Gasteiger partial charge in [-0.05, 0) is 26.0 Å². The number of rotatable bonds is 3. The summed E-state index contributed by atoms with van der Waals surface area (Å²) in [5.74, 6) is 1.08. The molecule has 0 aliphatic carbocycles. The zero-order valence-corrected chi connectivity index (χ0v) is 9.89. The van der Waals surface area contributed by atoms with Crippen LogP contribution in [0.4, 0.5) is 4.39 Å². The molecule has 0 bridgehead atoms. The van der Waals surface area contributed by atoms with Gasteiger partial charge in [-0.2, -0.15) is 0 Å². The Morgan fingerprint density at radius 1 is 1.35 bits per heavy atom. The molecule has 90 valence electrons. The Morgan fingerprint density at radius 2 is 2.12 bits per heavy atom. The topological polar surface area (TPSA) is 56.7 Å². The first-order chi connectivity index (χ1) is 8.13. The van der Waals surface area contributed by atoms with E-state index in [1.54, 1.807) is 6.07 Å². The van der Waals surface area contributed by atoms with Gasteiger partial charge in [-0.25, -0.2) is 4.39 Å². The van der Waals surface area contributed by atoms with E-state index >= 15 is 0 Å². The number of halogens is 1. The van der Waals surface area contributed by atoms with Crippen molar-refractivity contribution in [3.63, 3.8) is 0 Å². The van der Waals surface area contributed by atoms with Crippen molar-refractivity contribution in [2.24, 2.45) is 5.73 Å². The van der Waals surface area contributed by atoms with Gasteiger partial charge in [0.1, 0.15) is 11.6 Å². The zero-order chi connectivity index (χ0) is 12.4. The largest absolute Gasteiger partial charge is 0.324 e. The fourth-order valence-corrected chi connectivity index (χ4v) is 1.83. The molecular weight excluding hydrogens is 219 g/mol. The summed E-state index contributed by atoms with van der Waals surface area (Å²) in [4.78, 5) is 0. The van der Waals surface area contributed by atoms with Crippen molar-refractivity contribution >= 4 is 0 Å². The van der Waals surface area contributed by atoms with Gasteiger partial charge in [0.2, 0.25) is 0 Å². The van der Waals surface area contributed by atoms with E-state index in [1.807, 2.05) is 24.5 Å². The highest BCUT2D eigenvalue weighted by atomic mass is 19.1. The molecule has 0 atom stereocenters. The number of hydrogen-bond acceptors (Lipinski definition) is 3. The van der Waals surface area contributed by atoms with Crippen LogP contribution in [0.3, 0.4) is 0 Å². The number of hydrogen-bond donors (Lipinski definition) is 1. The molecule has 0 saturated heterocycles. The van der Waals surface area contributed by atoms with Crippen LogP contribution in [-0.4, -0.2) is 14.8 Å². The van der Waals surface area contributed by atoms with E-state index in [9.17, 15) is 4.39 Å². The standard InChI is InChI=1S/C12H15FN4/c1-8(2)17-11(7-14)15-16-12(17)9-4-3-5-10(13)6-9/h3-6,8H,7,14H2,1-2H3. The third kappa shape index (κ3) is 2.19. The summed E-state index contributed by atoms with van der Waals surface area (Å²) in [5.41, 5.74) is 6.33. The van der Waals surface area contributed by atoms with Crippen LogP contribution < -0.4 is 5.73 Å². The third-order valence-corrected chi connectivity index (χ3v) is 2.55. The van der Waals surface area contributed by atoms with Gasteiger partial charge in [-0.15, -0.1) is 10.2 Å². The van der Waals surface area contributed by atoms with Crippen molar-refractivity contribution < 1.29 is 4.39 Å². The highest BCUT2D eigenvalue weighted by molar-refractivity contribution is 5.55. The molecule has 1 heterocycles. The lowest BCUT2D eigenvalue weighted by Gasteiger charge is -2.13. The fraction of sp³-hybridized carbons (Fsp3) is 0.333. The maximum atomic E-state index is 13.2. The van der Waals surface area contributed by atoms with E-state index in [0.717, 1.165) is 0 Å². The molecule has 0 aliphatic rings. The van der Waals surface area contributed by atoms with Crippen molar-refractivity contribution in [2.45, 2.75) is 26.4 Å². The first kappa shape index (κ1) is 11.7. The average Bonchev–Trinajstić information content (AvgIpc) is 2.72. The summed E-state index contributed by atoms with van der Waals surface area (Å²) in [6, 6.07) is 6.51. The van der Waals surface area contributed by atoms with Crippen LogP contribution in [0, 0.1) is 5.82 Å². The lowest BCUT2D eigenvalue weighted by atomic mass is 10.2. The van der Waals surface area contributed by atoms with Crippen LogP contribution in [-0.2, 0) is 6.54 Å². The Bertz CT molecular complexity index is 519. The van der Waals surface area contributed by atoms with Crippen LogP contribution in [0.25, 0.3) is 11.4 Å². The van der Waals surface area contributed by atoms with Gasteiger partial charge in [0.15, 0.2) is 5.82 Å². The SMILES string of the molecule is CC(C)n1c(CN)nnc1-c1cccc(F)c1. The molecule has 4 nitrogen and oxygen atoms in total. The molecule has 1 aromatic carbocycles. The van der Waals surface area contributed by atoms with Crippen molar-refractivity contribution in [3.8, 4) is 11.4 Å². The maximum Gasteiger partial charge on any atom is 0.164 e. The van der Waals surface area contributed by atoms with Gasteiger partial charge >= 0.3 is 0 Å². The Kier molecular flexibility index (Phi) is 3.19. The molecule has 1 aromatic heterocycles. The van der Waals surface area contributed by atoms with Crippen LogP contribution >= 0.6 is 0 Å². The second kappa shape index (κ2) is 4.63. The minimum atomic E-state index is -0.282. The Morgan fingerprint density at radius 3 is 2.71 bits per heavy atom. The van der Waals surface area contributed by atoms with Gasteiger partial charge in [-0.1, -0.05) is 12.1 Å². The smallest absolute Gasteiger partial charge is 0.164 e. The summed E-state index contributed by atoms with van der Waals surface area (Å²) < 4.78 is 15.1. The predicted octanol–water partition coefficient (Wildman–Crippen LogP) is 2.12. The molecule has 0 aliphatic heterocycles. The third-order valence-electron chi connectivity index (χ3n) is 2.55. The summed E-state index contributed by atoms with van der Waals surface area (Å²) in [5, 5.41) is 8.11. The lowest BCUT2D eigenvalue weighted by molar-refractivity contribution is 0.573. The van der Waals surface area contributed by atoms with Crippen molar-refractivity contribution in [1.82, 2.24) is 14.8 Å². The first-order valence-electron chi connectivity index (χ1n) is 5.53. The second-order valence-electron chi connectivity index (χ2n) is 4.12. The van der Waals surface area contributed by atoms with E-state index in [2.05, 4.69) is 10.2 Å². The first-order valence-corrected chi connectivity index (χ1v) is 5.53. The molecule has 5 heteroatoms. The van der Waals surface area contributed by atoms with Gasteiger partial charge < -0.3 is 10.3 Å². The second-order valence-corrected chi connectivity index (χ2v) is 4.12. The van der Waals surface area contributed by atoms with Crippen LogP contribution in [0.5, 0.6) is 0 Å². The van der Waals surface area contributed by atoms with E-state index in [0.29, 0.717) is 23.8 Å². The summed E-state index contributed by atoms with van der Waals surface area (Å²) in [6.07, 6.45) is 0. The zero-order valence-electron chi connectivity index (χ0n) is 9.89. The number of nitrogens with two attached hydrogens (primary N) is 1. The molecule has 2 aromatic rings. The molecule has 0 unspecified atom stereocenters. The molecule has 2 N–H and O–H groups in total. The van der Waals surface area contributed by atoms with Crippen molar-refractivity contribution in [2.75, 3.05) is 0 Å². The quantitative estimate of drug-likeness (QED) is 0.885. The van der Waals surface area contributed by atoms with Gasteiger partial charge in [-0.3, -0.25) is 0 Å². The predicted molar refractivity (Wildman–Crippen MR) is 63.7 cm³/mol. The fourth-order valence-electron chi connectivity index (χ4n) is 1.83. The highest BCUT2D eigenvalue weighted by Crippen LogP contribution is 2.22. The average molecular weight is 234 g/mol. The van der Waals surface area contributed by atoms with E-state index < -0.39 is 0 Å². The molecule has 17 heavy (non-hydrogen) atoms. The van der Waals surface area contributed by atoms with Gasteiger partial charge in [0, 0.05) is 11.6 Å². The lowest BCUT2D eigenvalue weighted by Crippen LogP contribution is -2.11. The minimum Gasteiger partial charge on any atom is -0.324 e. The molecular formula is C12H15FN4. The molecule has 0 saturated carbocycles. The van der Waals surface area contributed by atoms with Crippen molar-refractivity contribution in [3.05, 3.63) is 35.9 Å². The van der Waals surface area contributed by atoms with Gasteiger partial charge in [0.25, 0.3) is 0 Å². The summed E-state index contributed by atoms with van der Waals surface area (Å²) in [7, 11) is 0. The van der Waals surface area contributed by atoms with E-state index in [-0.39, 0.29) is 11.9 Å². The molecule has 0 fully saturated rings.